The fourth-order valence-electron chi connectivity index (χ4n) is 16.0. The SMILES string of the molecule is CCC(C)COc1ccc(C2(c3ccc4c(c3)C(CC(C)CC)(CC(C)CC)c3ccccc3-4)c3cc(C)ccc3-c3ccc(-c4ccc(N(c5ccc(-c6ccc(N(c7ccc(C)cc7)c7ccc(C(C)(C)C)cc7)cc6)cc5)c5ccc(C(C)(C)C)cc5)cc4)cc32)cc1OCC(C)CC. The van der Waals surface area contributed by atoms with Crippen LogP contribution in [0.25, 0.3) is 44.5 Å². The highest BCUT2D eigenvalue weighted by atomic mass is 16.5. The molecule has 522 valence electrons. The Bertz CT molecular complexity index is 4710. The minimum absolute atomic E-state index is 0.00983. The van der Waals surface area contributed by atoms with Gasteiger partial charge in [0.2, 0.25) is 0 Å². The minimum atomic E-state index is -0.746. The van der Waals surface area contributed by atoms with Gasteiger partial charge in [0.25, 0.3) is 0 Å². The Hall–Kier alpha value is -9.38. The van der Waals surface area contributed by atoms with Crippen molar-refractivity contribution < 1.29 is 9.47 Å². The summed E-state index contributed by atoms with van der Waals surface area (Å²) in [4.78, 5) is 4.77. The Labute approximate surface area is 611 Å². The number of nitrogens with zero attached hydrogens (tertiary/aromatic N) is 2. The quantitative estimate of drug-likeness (QED) is 0.0602. The van der Waals surface area contributed by atoms with Gasteiger partial charge in [-0.05, 0) is 241 Å². The number of ether oxygens (including phenoxy) is 2. The molecule has 0 spiro atoms. The molecule has 0 N–H and O–H groups in total. The maximum atomic E-state index is 7.05. The highest BCUT2D eigenvalue weighted by molar-refractivity contribution is 5.91. The van der Waals surface area contributed by atoms with Crippen molar-refractivity contribution in [3.8, 4) is 56.0 Å². The third-order valence-electron chi connectivity index (χ3n) is 22.9. The number of anilines is 6. The van der Waals surface area contributed by atoms with E-state index in [1.807, 2.05) is 0 Å². The van der Waals surface area contributed by atoms with Crippen LogP contribution in [-0.4, -0.2) is 13.2 Å². The van der Waals surface area contributed by atoms with Crippen LogP contribution in [-0.2, 0) is 21.7 Å². The van der Waals surface area contributed by atoms with Crippen LogP contribution in [0.3, 0.4) is 0 Å². The first-order valence-corrected chi connectivity index (χ1v) is 38.1. The molecule has 0 bridgehead atoms. The highest BCUT2D eigenvalue weighted by Gasteiger charge is 2.50. The van der Waals surface area contributed by atoms with Crippen LogP contribution in [0.5, 0.6) is 11.5 Å². The molecule has 0 aliphatic heterocycles. The van der Waals surface area contributed by atoms with Crippen molar-refractivity contribution >= 4 is 34.1 Å². The third-order valence-corrected chi connectivity index (χ3v) is 22.9. The Kier molecular flexibility index (Phi) is 20.3. The Morgan fingerprint density at radius 3 is 1.17 bits per heavy atom. The molecule has 11 aromatic carbocycles. The minimum Gasteiger partial charge on any atom is -0.489 e. The lowest BCUT2D eigenvalue weighted by atomic mass is 9.63. The van der Waals surface area contributed by atoms with Gasteiger partial charge in [-0.3, -0.25) is 0 Å². The van der Waals surface area contributed by atoms with E-state index in [1.54, 1.807) is 0 Å². The summed E-state index contributed by atoms with van der Waals surface area (Å²) in [7, 11) is 0. The van der Waals surface area contributed by atoms with E-state index in [9.17, 15) is 0 Å². The van der Waals surface area contributed by atoms with Crippen molar-refractivity contribution in [2.75, 3.05) is 23.0 Å². The van der Waals surface area contributed by atoms with Crippen LogP contribution in [0.15, 0.2) is 243 Å². The largest absolute Gasteiger partial charge is 0.489 e. The van der Waals surface area contributed by atoms with Crippen LogP contribution in [0.1, 0.15) is 191 Å². The molecule has 0 saturated carbocycles. The lowest BCUT2D eigenvalue weighted by Crippen LogP contribution is -2.32. The molecule has 0 amide bonds. The van der Waals surface area contributed by atoms with Crippen molar-refractivity contribution in [3.05, 3.63) is 298 Å². The molecular weight excluding hydrogens is 1240 g/mol. The fraction of sp³-hybridized carbons (Fsp3) is 0.327. The van der Waals surface area contributed by atoms with Gasteiger partial charge in [-0.1, -0.05) is 285 Å². The smallest absolute Gasteiger partial charge is 0.161 e. The number of hydrogen-bond acceptors (Lipinski definition) is 4. The molecular formula is C98H108N2O2. The van der Waals surface area contributed by atoms with E-state index in [0.717, 1.165) is 101 Å². The van der Waals surface area contributed by atoms with Gasteiger partial charge in [0.1, 0.15) is 0 Å². The Morgan fingerprint density at radius 2 is 0.686 bits per heavy atom. The first kappa shape index (κ1) is 71.0. The average Bonchev–Trinajstić information content (AvgIpc) is 1.52. The number of fused-ring (bicyclic) bond motifs is 6. The molecule has 11 aromatic rings. The molecule has 4 nitrogen and oxygen atoms in total. The zero-order chi connectivity index (χ0) is 71.8. The molecule has 102 heavy (non-hydrogen) atoms. The fourth-order valence-corrected chi connectivity index (χ4v) is 16.0. The second-order valence-electron chi connectivity index (χ2n) is 32.4. The Morgan fingerprint density at radius 1 is 0.324 bits per heavy atom. The van der Waals surface area contributed by atoms with Crippen LogP contribution in [0, 0.1) is 37.5 Å². The first-order valence-electron chi connectivity index (χ1n) is 38.1. The van der Waals surface area contributed by atoms with Crippen molar-refractivity contribution in [3.63, 3.8) is 0 Å². The van der Waals surface area contributed by atoms with E-state index >= 15 is 0 Å². The van der Waals surface area contributed by atoms with Crippen molar-refractivity contribution in [2.24, 2.45) is 23.7 Å². The molecule has 0 aromatic heterocycles. The van der Waals surface area contributed by atoms with Gasteiger partial charge >= 0.3 is 0 Å². The van der Waals surface area contributed by atoms with Crippen LogP contribution < -0.4 is 19.3 Å². The predicted molar refractivity (Wildman–Crippen MR) is 435 cm³/mol. The highest BCUT2D eigenvalue weighted by Crippen LogP contribution is 2.62. The van der Waals surface area contributed by atoms with Crippen molar-refractivity contribution in [1.29, 1.82) is 0 Å². The summed E-state index contributed by atoms with van der Waals surface area (Å²) in [5, 5.41) is 0. The van der Waals surface area contributed by atoms with Crippen LogP contribution in [0.2, 0.25) is 0 Å². The standard InChI is InChI=1S/C98H108N2O2/c1-17-65(5)61-97(62-66(6)18-2)89-24-22-21-23-85(89)86-55-39-77(59-90(86)97)98(78-40-56-93(101-63-67(7)19-3)94(60-78)102-64-68(8)20-4)91-57-70(10)27-53-87(91)88-54-34-74(58-92(88)98)73-32-47-82(48-33-73)100(84-51-37-76(38-52-84)96(14,15)16)81-45-30-72(31-46-81)71-28-43-80(44-29-71)99(79-41-25-69(9)26-42-79)83-49-35-75(36-50-83)95(11,12)13/h21-60,65-68H,17-20,61-64H2,1-16H3. The molecule has 4 heteroatoms. The van der Waals surface area contributed by atoms with Crippen molar-refractivity contribution in [2.45, 2.75) is 171 Å². The maximum Gasteiger partial charge on any atom is 0.161 e. The van der Waals surface area contributed by atoms with Gasteiger partial charge in [0, 0.05) is 39.5 Å². The molecule has 0 saturated heterocycles. The molecule has 0 heterocycles. The van der Waals surface area contributed by atoms with Gasteiger partial charge in [-0.15, -0.1) is 0 Å². The summed E-state index contributed by atoms with van der Waals surface area (Å²) in [6.45, 7) is 38.1. The summed E-state index contributed by atoms with van der Waals surface area (Å²) >= 11 is 0. The first-order chi connectivity index (χ1) is 49.0. The van der Waals surface area contributed by atoms with E-state index in [2.05, 4.69) is 363 Å². The molecule has 0 fully saturated rings. The second-order valence-corrected chi connectivity index (χ2v) is 32.4. The number of benzene rings is 11. The molecule has 13 rings (SSSR count). The van der Waals surface area contributed by atoms with E-state index < -0.39 is 5.41 Å². The van der Waals surface area contributed by atoms with Gasteiger partial charge in [0.05, 0.1) is 18.6 Å². The summed E-state index contributed by atoms with van der Waals surface area (Å²) < 4.78 is 13.9. The lowest BCUT2D eigenvalue weighted by molar-refractivity contribution is 0.217. The number of aryl methyl sites for hydroxylation is 2. The average molecular weight is 1350 g/mol. The van der Waals surface area contributed by atoms with E-state index in [4.69, 9.17) is 9.47 Å². The van der Waals surface area contributed by atoms with E-state index in [1.165, 1.54) is 83.5 Å². The van der Waals surface area contributed by atoms with Crippen LogP contribution in [0.4, 0.5) is 34.1 Å². The van der Waals surface area contributed by atoms with Gasteiger partial charge in [-0.25, -0.2) is 0 Å². The molecule has 0 radical (unpaired) electrons. The topological polar surface area (TPSA) is 24.9 Å². The van der Waals surface area contributed by atoms with Crippen molar-refractivity contribution in [1.82, 2.24) is 0 Å². The van der Waals surface area contributed by atoms with E-state index in [-0.39, 0.29) is 16.2 Å². The van der Waals surface area contributed by atoms with E-state index in [0.29, 0.717) is 36.9 Å². The predicted octanol–water partition coefficient (Wildman–Crippen LogP) is 27.5. The van der Waals surface area contributed by atoms with Crippen LogP contribution >= 0.6 is 0 Å². The summed E-state index contributed by atoms with van der Waals surface area (Å²) in [5.41, 5.74) is 28.9. The molecule has 2 aliphatic carbocycles. The maximum absolute atomic E-state index is 7.05. The monoisotopic (exact) mass is 1340 g/mol. The molecule has 5 unspecified atom stereocenters. The zero-order valence-corrected chi connectivity index (χ0v) is 63.8. The van der Waals surface area contributed by atoms with Gasteiger partial charge < -0.3 is 19.3 Å². The van der Waals surface area contributed by atoms with Gasteiger partial charge in [-0.2, -0.15) is 0 Å². The Balaban J connectivity index is 0.929. The number of rotatable bonds is 24. The second kappa shape index (κ2) is 29.2. The molecule has 5 atom stereocenters. The number of hydrogen-bond donors (Lipinski definition) is 0. The normalized spacial score (nSPS) is 16.5. The zero-order valence-electron chi connectivity index (χ0n) is 63.8. The lowest BCUT2D eigenvalue weighted by Gasteiger charge is -2.39. The summed E-state index contributed by atoms with van der Waals surface area (Å²) in [6, 6.07) is 93.1. The van der Waals surface area contributed by atoms with Gasteiger partial charge in [0.15, 0.2) is 11.5 Å². The summed E-state index contributed by atoms with van der Waals surface area (Å²) in [5.74, 6) is 3.46. The summed E-state index contributed by atoms with van der Waals surface area (Å²) in [6.07, 6.45) is 6.53. The third kappa shape index (κ3) is 13.8. The molecule has 2 aliphatic rings.